The maximum atomic E-state index is 13.1. The predicted octanol–water partition coefficient (Wildman–Crippen LogP) is 3.08. The van der Waals surface area contributed by atoms with Gasteiger partial charge in [-0.05, 0) is 55.7 Å². The third-order valence-electron chi connectivity index (χ3n) is 3.99. The van der Waals surface area contributed by atoms with E-state index in [4.69, 9.17) is 0 Å². The number of carbonyl (C=O) groups is 2. The summed E-state index contributed by atoms with van der Waals surface area (Å²) >= 11 is 0. The van der Waals surface area contributed by atoms with E-state index in [0.29, 0.717) is 16.9 Å². The maximum absolute atomic E-state index is 13.1. The van der Waals surface area contributed by atoms with Gasteiger partial charge < -0.3 is 16.0 Å². The molecule has 0 aromatic heterocycles. The number of benzene rings is 2. The zero-order valence-corrected chi connectivity index (χ0v) is 13.9. The summed E-state index contributed by atoms with van der Waals surface area (Å²) in [5.41, 5.74) is 2.33. The molecule has 0 atom stereocenters. The summed E-state index contributed by atoms with van der Waals surface area (Å²) in [6, 6.07) is 11.5. The van der Waals surface area contributed by atoms with Crippen molar-refractivity contribution in [2.75, 3.05) is 17.2 Å². The Kier molecular flexibility index (Phi) is 4.97. The highest BCUT2D eigenvalue weighted by Crippen LogP contribution is 2.21. The molecule has 0 spiro atoms. The Balaban J connectivity index is 1.61. The number of hydrogen-bond acceptors (Lipinski definition) is 3. The third-order valence-corrected chi connectivity index (χ3v) is 3.99. The van der Waals surface area contributed by atoms with Crippen molar-refractivity contribution in [2.45, 2.75) is 25.8 Å². The van der Waals surface area contributed by atoms with Gasteiger partial charge in [-0.1, -0.05) is 12.1 Å². The molecule has 5 nitrogen and oxygen atoms in total. The van der Waals surface area contributed by atoms with Gasteiger partial charge in [-0.25, -0.2) is 4.39 Å². The quantitative estimate of drug-likeness (QED) is 0.756. The molecule has 25 heavy (non-hydrogen) atoms. The van der Waals surface area contributed by atoms with Crippen molar-refractivity contribution < 1.29 is 14.0 Å². The van der Waals surface area contributed by atoms with Crippen molar-refractivity contribution in [3.8, 4) is 0 Å². The van der Waals surface area contributed by atoms with Crippen LogP contribution in [-0.4, -0.2) is 24.4 Å². The number of rotatable bonds is 6. The fourth-order valence-corrected chi connectivity index (χ4v) is 2.48. The minimum Gasteiger partial charge on any atom is -0.376 e. The van der Waals surface area contributed by atoms with Gasteiger partial charge in [0.25, 0.3) is 5.91 Å². The van der Waals surface area contributed by atoms with Crippen LogP contribution < -0.4 is 16.0 Å². The Morgan fingerprint density at radius 2 is 1.88 bits per heavy atom. The van der Waals surface area contributed by atoms with Crippen molar-refractivity contribution >= 4 is 23.2 Å². The summed E-state index contributed by atoms with van der Waals surface area (Å²) in [6.45, 7) is 1.78. The second-order valence-corrected chi connectivity index (χ2v) is 6.15. The largest absolute Gasteiger partial charge is 0.376 e. The van der Waals surface area contributed by atoms with E-state index < -0.39 is 0 Å². The van der Waals surface area contributed by atoms with Crippen molar-refractivity contribution in [3.63, 3.8) is 0 Å². The number of halogens is 1. The highest BCUT2D eigenvalue weighted by Gasteiger charge is 2.24. The monoisotopic (exact) mass is 341 g/mol. The van der Waals surface area contributed by atoms with Gasteiger partial charge in [0.05, 0.1) is 17.8 Å². The number of amides is 2. The van der Waals surface area contributed by atoms with Gasteiger partial charge in [0.15, 0.2) is 0 Å². The SMILES string of the molecule is Cc1cc(F)ccc1NCC(=O)Nc1ccccc1C(=O)NC1CC1. The van der Waals surface area contributed by atoms with Gasteiger partial charge in [0, 0.05) is 11.7 Å². The van der Waals surface area contributed by atoms with E-state index in [2.05, 4.69) is 16.0 Å². The van der Waals surface area contributed by atoms with Crippen LogP contribution in [0, 0.1) is 12.7 Å². The van der Waals surface area contributed by atoms with E-state index in [1.165, 1.54) is 12.1 Å². The number of aryl methyl sites for hydroxylation is 1. The van der Waals surface area contributed by atoms with Crippen LogP contribution in [-0.2, 0) is 4.79 Å². The molecule has 2 aromatic carbocycles. The zero-order valence-electron chi connectivity index (χ0n) is 13.9. The van der Waals surface area contributed by atoms with Crippen LogP contribution in [0.15, 0.2) is 42.5 Å². The van der Waals surface area contributed by atoms with E-state index in [-0.39, 0.29) is 30.2 Å². The lowest BCUT2D eigenvalue weighted by molar-refractivity contribution is -0.114. The molecule has 0 radical (unpaired) electrons. The summed E-state index contributed by atoms with van der Waals surface area (Å²) in [6.07, 6.45) is 2.00. The molecule has 3 N–H and O–H groups in total. The lowest BCUT2D eigenvalue weighted by Gasteiger charge is -2.13. The van der Waals surface area contributed by atoms with Crippen LogP contribution >= 0.6 is 0 Å². The van der Waals surface area contributed by atoms with Crippen LogP contribution in [0.2, 0.25) is 0 Å². The highest BCUT2D eigenvalue weighted by molar-refractivity contribution is 6.04. The Bertz CT molecular complexity index is 803. The van der Waals surface area contributed by atoms with Crippen LogP contribution in [0.1, 0.15) is 28.8 Å². The molecule has 130 valence electrons. The molecule has 1 fully saturated rings. The van der Waals surface area contributed by atoms with Crippen molar-refractivity contribution in [3.05, 3.63) is 59.4 Å². The average molecular weight is 341 g/mol. The lowest BCUT2D eigenvalue weighted by Crippen LogP contribution is -2.28. The molecular formula is C19H20FN3O2. The van der Waals surface area contributed by atoms with Gasteiger partial charge >= 0.3 is 0 Å². The van der Waals surface area contributed by atoms with Crippen LogP contribution in [0.4, 0.5) is 15.8 Å². The first-order valence-electron chi connectivity index (χ1n) is 8.22. The topological polar surface area (TPSA) is 70.2 Å². The van der Waals surface area contributed by atoms with Crippen molar-refractivity contribution in [1.82, 2.24) is 5.32 Å². The van der Waals surface area contributed by atoms with Crippen molar-refractivity contribution in [1.29, 1.82) is 0 Å². The van der Waals surface area contributed by atoms with Crippen molar-refractivity contribution in [2.24, 2.45) is 0 Å². The molecule has 1 aliphatic carbocycles. The second-order valence-electron chi connectivity index (χ2n) is 6.15. The number of hydrogen-bond donors (Lipinski definition) is 3. The number of para-hydroxylation sites is 1. The molecule has 1 aliphatic rings. The lowest BCUT2D eigenvalue weighted by atomic mass is 10.1. The Hall–Kier alpha value is -2.89. The molecule has 2 aromatic rings. The molecule has 0 bridgehead atoms. The molecule has 0 unspecified atom stereocenters. The Morgan fingerprint density at radius 3 is 2.60 bits per heavy atom. The van der Waals surface area contributed by atoms with Gasteiger partial charge in [0.1, 0.15) is 5.82 Å². The molecule has 0 saturated heterocycles. The molecule has 0 aliphatic heterocycles. The van der Waals surface area contributed by atoms with Crippen LogP contribution in [0.5, 0.6) is 0 Å². The van der Waals surface area contributed by atoms with E-state index >= 15 is 0 Å². The summed E-state index contributed by atoms with van der Waals surface area (Å²) in [7, 11) is 0. The minimum absolute atomic E-state index is 0.0189. The number of carbonyl (C=O) groups excluding carboxylic acids is 2. The summed E-state index contributed by atoms with van der Waals surface area (Å²) in [4.78, 5) is 24.4. The molecule has 2 amide bonds. The van der Waals surface area contributed by atoms with E-state index in [9.17, 15) is 14.0 Å². The maximum Gasteiger partial charge on any atom is 0.253 e. The summed E-state index contributed by atoms with van der Waals surface area (Å²) in [5, 5.41) is 8.63. The molecule has 1 saturated carbocycles. The normalized spacial score (nSPS) is 13.2. The third kappa shape index (κ3) is 4.56. The van der Waals surface area contributed by atoms with Gasteiger partial charge in [0.2, 0.25) is 5.91 Å². The summed E-state index contributed by atoms with van der Waals surface area (Å²) < 4.78 is 13.1. The van der Waals surface area contributed by atoms with Crippen LogP contribution in [0.25, 0.3) is 0 Å². The first kappa shape index (κ1) is 17.0. The van der Waals surface area contributed by atoms with Gasteiger partial charge in [-0.3, -0.25) is 9.59 Å². The molecule has 3 rings (SSSR count). The minimum atomic E-state index is -0.317. The van der Waals surface area contributed by atoms with E-state index in [1.54, 1.807) is 37.3 Å². The Morgan fingerprint density at radius 1 is 1.12 bits per heavy atom. The highest BCUT2D eigenvalue weighted by atomic mass is 19.1. The van der Waals surface area contributed by atoms with Gasteiger partial charge in [-0.2, -0.15) is 0 Å². The molecule has 6 heteroatoms. The summed E-state index contributed by atoms with van der Waals surface area (Å²) in [5.74, 6) is -0.778. The predicted molar refractivity (Wildman–Crippen MR) is 95.2 cm³/mol. The first-order chi connectivity index (χ1) is 12.0. The smallest absolute Gasteiger partial charge is 0.253 e. The van der Waals surface area contributed by atoms with E-state index in [1.807, 2.05) is 0 Å². The van der Waals surface area contributed by atoms with Gasteiger partial charge in [-0.15, -0.1) is 0 Å². The Labute approximate surface area is 145 Å². The number of anilines is 2. The number of nitrogens with one attached hydrogen (secondary N) is 3. The fourth-order valence-electron chi connectivity index (χ4n) is 2.48. The second kappa shape index (κ2) is 7.34. The molecular weight excluding hydrogens is 321 g/mol. The standard InChI is InChI=1S/C19H20FN3O2/c1-12-10-13(20)6-9-16(12)21-11-18(24)23-17-5-3-2-4-15(17)19(25)22-14-7-8-14/h2-6,9-10,14,21H,7-8,11H2,1H3,(H,22,25)(H,23,24). The zero-order chi connectivity index (χ0) is 17.8. The average Bonchev–Trinajstić information content (AvgIpc) is 3.38. The first-order valence-corrected chi connectivity index (χ1v) is 8.22. The van der Waals surface area contributed by atoms with E-state index in [0.717, 1.165) is 18.4 Å². The van der Waals surface area contributed by atoms with Crippen LogP contribution in [0.3, 0.4) is 0 Å². The fraction of sp³-hybridized carbons (Fsp3) is 0.263. The molecule has 0 heterocycles.